The van der Waals surface area contributed by atoms with Crippen LogP contribution in [0.3, 0.4) is 0 Å². The molecule has 3 heteroatoms. The van der Waals surface area contributed by atoms with E-state index in [0.29, 0.717) is 12.1 Å². The van der Waals surface area contributed by atoms with Gasteiger partial charge >= 0.3 is 0 Å². The summed E-state index contributed by atoms with van der Waals surface area (Å²) in [6, 6.07) is 3.13. The zero-order valence-electron chi connectivity index (χ0n) is 8.18. The Labute approximate surface area is 82.5 Å². The smallest absolute Gasteiger partial charge is 0.130 e. The molecule has 14 heavy (non-hydrogen) atoms. The zero-order valence-corrected chi connectivity index (χ0v) is 8.18. The molecule has 2 rings (SSSR count). The fraction of sp³-hybridized carbons (Fsp3) is 0.455. The number of rotatable bonds is 2. The van der Waals surface area contributed by atoms with Gasteiger partial charge in [-0.3, -0.25) is 0 Å². The lowest BCUT2D eigenvalue weighted by Crippen LogP contribution is -2.19. The second-order valence-corrected chi connectivity index (χ2v) is 4.09. The predicted molar refractivity (Wildman–Crippen MR) is 52.8 cm³/mol. The molecule has 76 valence electrons. The maximum absolute atomic E-state index is 13.3. The fourth-order valence-corrected chi connectivity index (χ4v) is 1.73. The van der Waals surface area contributed by atoms with Gasteiger partial charge in [0, 0.05) is 17.5 Å². The minimum atomic E-state index is -0.347. The van der Waals surface area contributed by atoms with E-state index in [0.717, 1.165) is 18.4 Å². The van der Waals surface area contributed by atoms with E-state index in [1.807, 2.05) is 0 Å². The molecule has 1 aromatic carbocycles. The van der Waals surface area contributed by atoms with Gasteiger partial charge in [0.05, 0.1) is 0 Å². The summed E-state index contributed by atoms with van der Waals surface area (Å²) in [6.45, 7) is 2.09. The third-order valence-electron chi connectivity index (χ3n) is 3.17. The molecular formula is C11H14FNO. The molecule has 0 atom stereocenters. The van der Waals surface area contributed by atoms with E-state index in [1.54, 1.807) is 13.0 Å². The molecule has 0 spiro atoms. The van der Waals surface area contributed by atoms with E-state index >= 15 is 0 Å². The molecule has 1 saturated carbocycles. The van der Waals surface area contributed by atoms with Crippen LogP contribution in [0.25, 0.3) is 0 Å². The van der Waals surface area contributed by atoms with Crippen LogP contribution < -0.4 is 5.73 Å². The van der Waals surface area contributed by atoms with Crippen LogP contribution in [0.5, 0.6) is 5.75 Å². The lowest BCUT2D eigenvalue weighted by molar-refractivity contribution is 0.460. The van der Waals surface area contributed by atoms with Crippen LogP contribution in [0.4, 0.5) is 4.39 Å². The summed E-state index contributed by atoms with van der Waals surface area (Å²) in [4.78, 5) is 0. The van der Waals surface area contributed by atoms with E-state index in [4.69, 9.17) is 5.73 Å². The standard InChI is InChI=1S/C11H14FNO/c1-7-9(12)4-8(5-10(7)14)11(6-13)2-3-11/h4-5,14H,2-3,6,13H2,1H3. The average Bonchev–Trinajstić information content (AvgIpc) is 2.94. The monoisotopic (exact) mass is 195 g/mol. The Bertz CT molecular complexity index is 349. The summed E-state index contributed by atoms with van der Waals surface area (Å²) >= 11 is 0. The normalized spacial score (nSPS) is 18.2. The summed E-state index contributed by atoms with van der Waals surface area (Å²) in [5.74, 6) is -0.320. The molecule has 3 N–H and O–H groups in total. The lowest BCUT2D eigenvalue weighted by atomic mass is 9.94. The van der Waals surface area contributed by atoms with Crippen molar-refractivity contribution in [3.05, 3.63) is 29.1 Å². The Morgan fingerprint density at radius 3 is 2.57 bits per heavy atom. The van der Waals surface area contributed by atoms with Gasteiger partial charge in [-0.05, 0) is 37.5 Å². The minimum Gasteiger partial charge on any atom is -0.508 e. The quantitative estimate of drug-likeness (QED) is 0.756. The second kappa shape index (κ2) is 2.95. The highest BCUT2D eigenvalue weighted by molar-refractivity contribution is 5.42. The third-order valence-corrected chi connectivity index (χ3v) is 3.17. The first-order valence-corrected chi connectivity index (χ1v) is 4.79. The summed E-state index contributed by atoms with van der Waals surface area (Å²) in [7, 11) is 0. The largest absolute Gasteiger partial charge is 0.508 e. The van der Waals surface area contributed by atoms with Crippen molar-refractivity contribution in [3.8, 4) is 5.75 Å². The lowest BCUT2D eigenvalue weighted by Gasteiger charge is -2.14. The van der Waals surface area contributed by atoms with Gasteiger partial charge in [0.25, 0.3) is 0 Å². The van der Waals surface area contributed by atoms with Crippen LogP contribution >= 0.6 is 0 Å². The van der Waals surface area contributed by atoms with Gasteiger partial charge in [-0.25, -0.2) is 4.39 Å². The summed E-state index contributed by atoms with van der Waals surface area (Å²) in [5, 5.41) is 9.49. The highest BCUT2D eigenvalue weighted by atomic mass is 19.1. The maximum Gasteiger partial charge on any atom is 0.130 e. The van der Waals surface area contributed by atoms with E-state index in [9.17, 15) is 9.50 Å². The Kier molecular flexibility index (Phi) is 2.00. The van der Waals surface area contributed by atoms with Crippen LogP contribution in [0.15, 0.2) is 12.1 Å². The first kappa shape index (κ1) is 9.46. The van der Waals surface area contributed by atoms with Crippen molar-refractivity contribution in [1.29, 1.82) is 0 Å². The Hall–Kier alpha value is -1.09. The molecular weight excluding hydrogens is 181 g/mol. The highest BCUT2D eigenvalue weighted by Gasteiger charge is 2.43. The number of nitrogens with two attached hydrogens (primary N) is 1. The highest BCUT2D eigenvalue weighted by Crippen LogP contribution is 2.48. The van der Waals surface area contributed by atoms with Crippen LogP contribution in [-0.2, 0) is 5.41 Å². The van der Waals surface area contributed by atoms with Crippen molar-refractivity contribution in [2.45, 2.75) is 25.2 Å². The predicted octanol–water partition coefficient (Wildman–Crippen LogP) is 1.83. The second-order valence-electron chi connectivity index (χ2n) is 4.09. The number of aromatic hydroxyl groups is 1. The molecule has 0 saturated heterocycles. The number of hydrogen-bond acceptors (Lipinski definition) is 2. The molecule has 0 bridgehead atoms. The van der Waals surface area contributed by atoms with Crippen molar-refractivity contribution in [3.63, 3.8) is 0 Å². The van der Waals surface area contributed by atoms with Gasteiger partial charge in [-0.1, -0.05) is 0 Å². The molecule has 2 nitrogen and oxygen atoms in total. The third kappa shape index (κ3) is 1.28. The molecule has 0 unspecified atom stereocenters. The molecule has 0 aliphatic heterocycles. The minimum absolute atomic E-state index is 0.0275. The fourth-order valence-electron chi connectivity index (χ4n) is 1.73. The Morgan fingerprint density at radius 1 is 1.50 bits per heavy atom. The molecule has 0 radical (unpaired) electrons. The maximum atomic E-state index is 13.3. The van der Waals surface area contributed by atoms with E-state index in [1.165, 1.54) is 6.07 Å². The number of phenols is 1. The van der Waals surface area contributed by atoms with E-state index in [-0.39, 0.29) is 17.0 Å². The summed E-state index contributed by atoms with van der Waals surface area (Å²) < 4.78 is 13.3. The van der Waals surface area contributed by atoms with Crippen molar-refractivity contribution >= 4 is 0 Å². The van der Waals surface area contributed by atoms with Crippen LogP contribution in [0, 0.1) is 12.7 Å². The van der Waals surface area contributed by atoms with Crippen LogP contribution in [-0.4, -0.2) is 11.7 Å². The first-order valence-electron chi connectivity index (χ1n) is 4.79. The summed E-state index contributed by atoms with van der Waals surface area (Å²) in [5.41, 5.74) is 6.71. The molecule has 0 amide bonds. The van der Waals surface area contributed by atoms with Crippen molar-refractivity contribution in [2.75, 3.05) is 6.54 Å². The number of halogens is 1. The van der Waals surface area contributed by atoms with Gasteiger partial charge in [0.15, 0.2) is 0 Å². The number of hydrogen-bond donors (Lipinski definition) is 2. The van der Waals surface area contributed by atoms with Gasteiger partial charge in [-0.2, -0.15) is 0 Å². The molecule has 0 heterocycles. The number of benzene rings is 1. The topological polar surface area (TPSA) is 46.2 Å². The molecule has 0 aromatic heterocycles. The van der Waals surface area contributed by atoms with Crippen molar-refractivity contribution in [1.82, 2.24) is 0 Å². The Balaban J connectivity index is 2.46. The van der Waals surface area contributed by atoms with Crippen molar-refractivity contribution in [2.24, 2.45) is 5.73 Å². The van der Waals surface area contributed by atoms with Crippen molar-refractivity contribution < 1.29 is 9.50 Å². The van der Waals surface area contributed by atoms with Crippen LogP contribution in [0.2, 0.25) is 0 Å². The molecule has 1 aliphatic carbocycles. The molecule has 1 fully saturated rings. The number of phenolic OH excluding ortho intramolecular Hbond substituents is 1. The zero-order chi connectivity index (χ0) is 10.3. The summed E-state index contributed by atoms with van der Waals surface area (Å²) in [6.07, 6.45) is 1.98. The van der Waals surface area contributed by atoms with Gasteiger partial charge in [0.1, 0.15) is 11.6 Å². The van der Waals surface area contributed by atoms with Gasteiger partial charge in [0.2, 0.25) is 0 Å². The molecule has 1 aromatic rings. The average molecular weight is 195 g/mol. The van der Waals surface area contributed by atoms with Gasteiger partial charge < -0.3 is 10.8 Å². The van der Waals surface area contributed by atoms with Crippen LogP contribution in [0.1, 0.15) is 24.0 Å². The first-order chi connectivity index (χ1) is 6.59. The van der Waals surface area contributed by atoms with E-state index < -0.39 is 0 Å². The SMILES string of the molecule is Cc1c(O)cc(C2(CN)CC2)cc1F. The Morgan fingerprint density at radius 2 is 2.14 bits per heavy atom. The van der Waals surface area contributed by atoms with Gasteiger partial charge in [-0.15, -0.1) is 0 Å². The molecule has 1 aliphatic rings. The van der Waals surface area contributed by atoms with E-state index in [2.05, 4.69) is 0 Å².